The molecule has 0 aliphatic rings. The molecule has 110 valence electrons. The van der Waals surface area contributed by atoms with Crippen molar-refractivity contribution in [1.29, 1.82) is 0 Å². The van der Waals surface area contributed by atoms with Crippen molar-refractivity contribution in [2.75, 3.05) is 0 Å². The van der Waals surface area contributed by atoms with Gasteiger partial charge in [-0.05, 0) is 17.0 Å². The molecule has 2 rings (SSSR count). The van der Waals surface area contributed by atoms with Crippen LogP contribution in [0.4, 0.5) is 8.78 Å². The highest BCUT2D eigenvalue weighted by Gasteiger charge is 2.18. The molecular weight excluding hydrogens is 292 g/mol. The van der Waals surface area contributed by atoms with E-state index in [-0.39, 0.29) is 18.1 Å². The largest absolute Gasteiger partial charge is 0.308 e. The van der Waals surface area contributed by atoms with Crippen molar-refractivity contribution in [3.8, 4) is 0 Å². The molecule has 0 radical (unpaired) electrons. The fourth-order valence-electron chi connectivity index (χ4n) is 2.00. The quantitative estimate of drug-likeness (QED) is 0.801. The van der Waals surface area contributed by atoms with E-state index in [0.29, 0.717) is 5.56 Å². The molecule has 0 saturated carbocycles. The second kappa shape index (κ2) is 7.13. The van der Waals surface area contributed by atoms with E-state index in [1.807, 2.05) is 30.3 Å². The summed E-state index contributed by atoms with van der Waals surface area (Å²) in [5.74, 6) is -0.267. The van der Waals surface area contributed by atoms with Crippen LogP contribution in [0, 0.1) is 0 Å². The summed E-state index contributed by atoms with van der Waals surface area (Å²) in [6.07, 6.45) is -1.79. The molecule has 1 aromatic heterocycles. The lowest BCUT2D eigenvalue weighted by molar-refractivity contribution is -0.126. The van der Waals surface area contributed by atoms with Crippen LogP contribution in [0.5, 0.6) is 0 Å². The van der Waals surface area contributed by atoms with Crippen molar-refractivity contribution in [2.24, 2.45) is 0 Å². The molecule has 21 heavy (non-hydrogen) atoms. The molecule has 0 spiro atoms. The SMILES string of the molecule is CC(=O)N(Cc1ccccc1)/C(=C/C(F)F)c1ccsc1. The van der Waals surface area contributed by atoms with Crippen LogP contribution in [0.25, 0.3) is 5.70 Å². The first-order chi connectivity index (χ1) is 10.1. The number of benzene rings is 1. The Kier molecular flexibility index (Phi) is 5.22. The van der Waals surface area contributed by atoms with Gasteiger partial charge in [0.2, 0.25) is 5.91 Å². The third-order valence-electron chi connectivity index (χ3n) is 2.96. The number of alkyl halides is 2. The molecule has 2 nitrogen and oxygen atoms in total. The zero-order chi connectivity index (χ0) is 15.2. The number of rotatable bonds is 5. The number of hydrogen-bond acceptors (Lipinski definition) is 2. The second-order valence-corrected chi connectivity index (χ2v) is 5.27. The van der Waals surface area contributed by atoms with Crippen LogP contribution in [-0.2, 0) is 11.3 Å². The molecule has 0 aliphatic carbocycles. The maximum atomic E-state index is 12.8. The van der Waals surface area contributed by atoms with Gasteiger partial charge in [-0.1, -0.05) is 30.3 Å². The summed E-state index contributed by atoms with van der Waals surface area (Å²) in [6.45, 7) is 1.65. The minimum absolute atomic E-state index is 0.252. The number of thiophene rings is 1. The van der Waals surface area contributed by atoms with E-state index in [9.17, 15) is 13.6 Å². The predicted octanol–water partition coefficient (Wildman–Crippen LogP) is 4.40. The molecule has 5 heteroatoms. The fraction of sp³-hybridized carbons (Fsp3) is 0.188. The minimum Gasteiger partial charge on any atom is -0.308 e. The lowest BCUT2D eigenvalue weighted by atomic mass is 10.1. The molecule has 0 unspecified atom stereocenters. The summed E-state index contributed by atoms with van der Waals surface area (Å²) >= 11 is 1.41. The first-order valence-corrected chi connectivity index (χ1v) is 7.37. The first kappa shape index (κ1) is 15.4. The zero-order valence-corrected chi connectivity index (χ0v) is 12.3. The summed E-state index contributed by atoms with van der Waals surface area (Å²) in [5, 5.41) is 3.56. The van der Waals surface area contributed by atoms with Gasteiger partial charge < -0.3 is 4.90 Å². The Morgan fingerprint density at radius 1 is 1.29 bits per heavy atom. The van der Waals surface area contributed by atoms with Gasteiger partial charge in [0.15, 0.2) is 0 Å². The number of halogens is 2. The summed E-state index contributed by atoms with van der Waals surface area (Å²) in [6, 6.07) is 11.0. The number of hydrogen-bond donors (Lipinski definition) is 0. The minimum atomic E-state index is -2.61. The average Bonchev–Trinajstić information content (AvgIpc) is 2.97. The van der Waals surface area contributed by atoms with E-state index in [1.54, 1.807) is 16.8 Å². The van der Waals surface area contributed by atoms with Gasteiger partial charge >= 0.3 is 0 Å². The smallest absolute Gasteiger partial charge is 0.259 e. The van der Waals surface area contributed by atoms with Gasteiger partial charge in [-0.2, -0.15) is 11.3 Å². The Bertz CT molecular complexity index is 608. The fourth-order valence-corrected chi connectivity index (χ4v) is 2.65. The molecule has 1 amide bonds. The Labute approximate surface area is 126 Å². The average molecular weight is 307 g/mol. The molecule has 0 saturated heterocycles. The van der Waals surface area contributed by atoms with Gasteiger partial charge in [-0.3, -0.25) is 4.79 Å². The van der Waals surface area contributed by atoms with Crippen molar-refractivity contribution in [2.45, 2.75) is 19.9 Å². The molecule has 0 bridgehead atoms. The van der Waals surface area contributed by atoms with Gasteiger partial charge in [0.05, 0.1) is 12.2 Å². The number of allylic oxidation sites excluding steroid dienone is 1. The maximum absolute atomic E-state index is 12.8. The van der Waals surface area contributed by atoms with Crippen molar-refractivity contribution in [1.82, 2.24) is 4.90 Å². The first-order valence-electron chi connectivity index (χ1n) is 6.42. The molecule has 0 N–H and O–H groups in total. The molecule has 0 aliphatic heterocycles. The highest BCUT2D eigenvalue weighted by atomic mass is 32.1. The third-order valence-corrected chi connectivity index (χ3v) is 3.64. The molecule has 1 heterocycles. The van der Waals surface area contributed by atoms with E-state index >= 15 is 0 Å². The van der Waals surface area contributed by atoms with Crippen LogP contribution in [0.1, 0.15) is 18.1 Å². The van der Waals surface area contributed by atoms with Gasteiger partial charge in [-0.15, -0.1) is 0 Å². The monoisotopic (exact) mass is 307 g/mol. The van der Waals surface area contributed by atoms with Crippen LogP contribution in [0.2, 0.25) is 0 Å². The van der Waals surface area contributed by atoms with Crippen LogP contribution < -0.4 is 0 Å². The van der Waals surface area contributed by atoms with Crippen molar-refractivity contribution < 1.29 is 13.6 Å². The van der Waals surface area contributed by atoms with Crippen molar-refractivity contribution in [3.63, 3.8) is 0 Å². The Balaban J connectivity index is 2.36. The number of carbonyl (C=O) groups excluding carboxylic acids is 1. The van der Waals surface area contributed by atoms with E-state index in [0.717, 1.165) is 11.6 Å². The lowest BCUT2D eigenvalue weighted by Gasteiger charge is -2.24. The summed E-state index contributed by atoms with van der Waals surface area (Å²) in [4.78, 5) is 13.3. The Morgan fingerprint density at radius 2 is 2.00 bits per heavy atom. The second-order valence-electron chi connectivity index (χ2n) is 4.49. The van der Waals surface area contributed by atoms with Gasteiger partial charge in [0, 0.05) is 23.9 Å². The Morgan fingerprint density at radius 3 is 2.52 bits per heavy atom. The van der Waals surface area contributed by atoms with E-state index in [1.165, 1.54) is 23.2 Å². The van der Waals surface area contributed by atoms with Crippen molar-refractivity contribution in [3.05, 3.63) is 64.4 Å². The zero-order valence-electron chi connectivity index (χ0n) is 11.5. The lowest BCUT2D eigenvalue weighted by Crippen LogP contribution is -2.27. The molecular formula is C16H15F2NOS. The van der Waals surface area contributed by atoms with Gasteiger partial charge in [0.25, 0.3) is 6.43 Å². The predicted molar refractivity (Wildman–Crippen MR) is 81.0 cm³/mol. The maximum Gasteiger partial charge on any atom is 0.259 e. The summed E-state index contributed by atoms with van der Waals surface area (Å²) in [7, 11) is 0. The molecule has 1 aromatic carbocycles. The normalized spacial score (nSPS) is 11.7. The highest BCUT2D eigenvalue weighted by molar-refractivity contribution is 7.08. The molecule has 0 atom stereocenters. The number of amides is 1. The number of nitrogens with zero attached hydrogens (tertiary/aromatic N) is 1. The third kappa shape index (κ3) is 4.23. The topological polar surface area (TPSA) is 20.3 Å². The van der Waals surface area contributed by atoms with Gasteiger partial charge in [0.1, 0.15) is 0 Å². The summed E-state index contributed by atoms with van der Waals surface area (Å²) in [5.41, 5.74) is 1.78. The van der Waals surface area contributed by atoms with E-state index in [2.05, 4.69) is 0 Å². The highest BCUT2D eigenvalue weighted by Crippen LogP contribution is 2.25. The standard InChI is InChI=1S/C16H15F2NOS/c1-12(20)19(10-13-5-3-2-4-6-13)15(9-16(17)18)14-7-8-21-11-14/h2-9,11,16H,10H2,1H3/b15-9+. The Hall–Kier alpha value is -2.01. The van der Waals surface area contributed by atoms with Crippen molar-refractivity contribution >= 4 is 22.9 Å². The van der Waals surface area contributed by atoms with Crippen LogP contribution in [0.3, 0.4) is 0 Å². The number of carbonyl (C=O) groups is 1. The van der Waals surface area contributed by atoms with Crippen LogP contribution in [0.15, 0.2) is 53.2 Å². The van der Waals surface area contributed by atoms with E-state index in [4.69, 9.17) is 0 Å². The molecule has 0 fully saturated rings. The van der Waals surface area contributed by atoms with Gasteiger partial charge in [-0.25, -0.2) is 8.78 Å². The van der Waals surface area contributed by atoms with Crippen LogP contribution >= 0.6 is 11.3 Å². The molecule has 2 aromatic rings. The van der Waals surface area contributed by atoms with Crippen LogP contribution in [-0.4, -0.2) is 17.2 Å². The summed E-state index contributed by atoms with van der Waals surface area (Å²) < 4.78 is 25.7. The van der Waals surface area contributed by atoms with E-state index < -0.39 is 6.43 Å².